The van der Waals surface area contributed by atoms with Gasteiger partial charge >= 0.3 is 6.18 Å². The molecule has 0 amide bonds. The van der Waals surface area contributed by atoms with Crippen molar-refractivity contribution in [2.24, 2.45) is 4.99 Å². The van der Waals surface area contributed by atoms with E-state index in [1.165, 1.54) is 6.07 Å². The highest BCUT2D eigenvalue weighted by atomic mass is 19.4. The van der Waals surface area contributed by atoms with E-state index in [2.05, 4.69) is 15.3 Å². The van der Waals surface area contributed by atoms with Crippen molar-refractivity contribution in [3.63, 3.8) is 0 Å². The van der Waals surface area contributed by atoms with Crippen LogP contribution in [0.2, 0.25) is 0 Å². The van der Waals surface area contributed by atoms with Gasteiger partial charge in [0.2, 0.25) is 5.88 Å². The van der Waals surface area contributed by atoms with Gasteiger partial charge in [-0.2, -0.15) is 13.2 Å². The normalized spacial score (nSPS) is 17.9. The van der Waals surface area contributed by atoms with E-state index < -0.39 is 17.8 Å². The van der Waals surface area contributed by atoms with Gasteiger partial charge in [-0.3, -0.25) is 4.99 Å². The molecule has 1 atom stereocenters. The number of rotatable bonds is 4. The molecule has 2 aromatic rings. The van der Waals surface area contributed by atoms with E-state index in [9.17, 15) is 13.2 Å². The van der Waals surface area contributed by atoms with Crippen molar-refractivity contribution in [1.29, 1.82) is 0 Å². The largest absolute Gasteiger partial charge is 0.481 e. The molecule has 29 heavy (non-hydrogen) atoms. The number of guanidine groups is 1. The van der Waals surface area contributed by atoms with Crippen molar-refractivity contribution < 1.29 is 22.6 Å². The number of morpholine rings is 1. The van der Waals surface area contributed by atoms with E-state index in [4.69, 9.17) is 9.47 Å². The van der Waals surface area contributed by atoms with Crippen LogP contribution in [0.1, 0.15) is 22.8 Å². The summed E-state index contributed by atoms with van der Waals surface area (Å²) < 4.78 is 49.9. The minimum atomic E-state index is -4.38. The van der Waals surface area contributed by atoms with Crippen LogP contribution >= 0.6 is 0 Å². The summed E-state index contributed by atoms with van der Waals surface area (Å²) in [6, 6.07) is 8.97. The molecule has 0 saturated carbocycles. The molecule has 0 spiro atoms. The highest BCUT2D eigenvalue weighted by Gasteiger charge is 2.32. The molecule has 1 unspecified atom stereocenters. The zero-order valence-corrected chi connectivity index (χ0v) is 16.2. The van der Waals surface area contributed by atoms with Crippen molar-refractivity contribution in [3.05, 3.63) is 59.3 Å². The van der Waals surface area contributed by atoms with Gasteiger partial charge < -0.3 is 19.7 Å². The van der Waals surface area contributed by atoms with E-state index in [-0.39, 0.29) is 0 Å². The third-order valence-electron chi connectivity index (χ3n) is 4.62. The first-order valence-electron chi connectivity index (χ1n) is 9.14. The van der Waals surface area contributed by atoms with Crippen molar-refractivity contribution in [1.82, 2.24) is 15.2 Å². The third-order valence-corrected chi connectivity index (χ3v) is 4.62. The molecular weight excluding hydrogens is 385 g/mol. The van der Waals surface area contributed by atoms with Gasteiger partial charge in [0.05, 0.1) is 25.8 Å². The maximum atomic E-state index is 13.0. The summed E-state index contributed by atoms with van der Waals surface area (Å²) in [5.41, 5.74) is 0.796. The van der Waals surface area contributed by atoms with Crippen LogP contribution in [-0.4, -0.2) is 49.7 Å². The number of pyridine rings is 1. The number of aliphatic imine (C=N–C) groups is 1. The highest BCUT2D eigenvalue weighted by Crippen LogP contribution is 2.32. The molecule has 3 rings (SSSR count). The lowest BCUT2D eigenvalue weighted by Gasteiger charge is -2.35. The number of benzene rings is 1. The molecule has 1 fully saturated rings. The molecule has 1 aromatic heterocycles. The number of alkyl halides is 3. The maximum absolute atomic E-state index is 13.0. The van der Waals surface area contributed by atoms with E-state index in [0.29, 0.717) is 43.6 Å². The molecule has 6 nitrogen and oxygen atoms in total. The molecule has 0 bridgehead atoms. The minimum Gasteiger partial charge on any atom is -0.481 e. The van der Waals surface area contributed by atoms with E-state index in [0.717, 1.165) is 17.7 Å². The van der Waals surface area contributed by atoms with Crippen molar-refractivity contribution >= 4 is 5.96 Å². The number of halogens is 3. The SMILES string of the molecule is CN=C(NCc1ccnc(OC)c1)N1CCOC(c2cccc(C(F)(F)F)c2)C1. The summed E-state index contributed by atoms with van der Waals surface area (Å²) >= 11 is 0. The van der Waals surface area contributed by atoms with Gasteiger partial charge in [-0.15, -0.1) is 0 Å². The van der Waals surface area contributed by atoms with Crippen LogP contribution in [0.5, 0.6) is 5.88 Å². The lowest BCUT2D eigenvalue weighted by Crippen LogP contribution is -2.48. The Labute approximate surface area is 167 Å². The summed E-state index contributed by atoms with van der Waals surface area (Å²) in [4.78, 5) is 10.4. The fourth-order valence-electron chi connectivity index (χ4n) is 3.14. The average Bonchev–Trinajstić information content (AvgIpc) is 2.74. The first kappa shape index (κ1) is 20.9. The Balaban J connectivity index is 1.67. The van der Waals surface area contributed by atoms with Crippen LogP contribution in [0.25, 0.3) is 0 Å². The second-order valence-electron chi connectivity index (χ2n) is 6.54. The molecule has 0 radical (unpaired) electrons. The standard InChI is InChI=1S/C20H23F3N4O2/c1-24-19(26-12-14-6-7-25-18(10-14)28-2)27-8-9-29-17(13-27)15-4-3-5-16(11-15)20(21,22)23/h3-7,10-11,17H,8-9,12-13H2,1-2H3,(H,24,26). The van der Waals surface area contributed by atoms with Crippen LogP contribution < -0.4 is 10.1 Å². The smallest absolute Gasteiger partial charge is 0.416 e. The van der Waals surface area contributed by atoms with Gasteiger partial charge in [-0.1, -0.05) is 12.1 Å². The molecule has 156 valence electrons. The predicted molar refractivity (Wildman–Crippen MR) is 103 cm³/mol. The lowest BCUT2D eigenvalue weighted by molar-refractivity contribution is -0.137. The number of hydrogen-bond donors (Lipinski definition) is 1. The van der Waals surface area contributed by atoms with Gasteiger partial charge in [0.25, 0.3) is 0 Å². The summed E-state index contributed by atoms with van der Waals surface area (Å²) in [5.74, 6) is 1.18. The second-order valence-corrected chi connectivity index (χ2v) is 6.54. The number of nitrogens with one attached hydrogen (secondary N) is 1. The quantitative estimate of drug-likeness (QED) is 0.622. The minimum absolute atomic E-state index is 0.394. The summed E-state index contributed by atoms with van der Waals surface area (Å²) in [7, 11) is 3.23. The number of aromatic nitrogens is 1. The van der Waals surface area contributed by atoms with Crippen molar-refractivity contribution in [3.8, 4) is 5.88 Å². The number of nitrogens with zero attached hydrogens (tertiary/aromatic N) is 3. The fraction of sp³-hybridized carbons (Fsp3) is 0.400. The number of hydrogen-bond acceptors (Lipinski definition) is 4. The molecular formula is C20H23F3N4O2. The lowest BCUT2D eigenvalue weighted by atomic mass is 10.0. The maximum Gasteiger partial charge on any atom is 0.416 e. The second kappa shape index (κ2) is 9.13. The van der Waals surface area contributed by atoms with Gasteiger partial charge in [-0.05, 0) is 29.3 Å². The van der Waals surface area contributed by atoms with Crippen molar-refractivity contribution in [2.75, 3.05) is 33.9 Å². The Morgan fingerprint density at radius 2 is 2.17 bits per heavy atom. The van der Waals surface area contributed by atoms with E-state index >= 15 is 0 Å². The molecule has 1 aliphatic rings. The third kappa shape index (κ3) is 5.38. The molecule has 1 aliphatic heterocycles. The first-order chi connectivity index (χ1) is 13.9. The van der Waals surface area contributed by atoms with Crippen LogP contribution in [0.4, 0.5) is 13.2 Å². The molecule has 0 aliphatic carbocycles. The zero-order valence-electron chi connectivity index (χ0n) is 16.2. The Hall–Kier alpha value is -2.81. The molecule has 9 heteroatoms. The van der Waals surface area contributed by atoms with Crippen LogP contribution in [0.3, 0.4) is 0 Å². The Bertz CT molecular complexity index is 858. The first-order valence-corrected chi connectivity index (χ1v) is 9.14. The average molecular weight is 408 g/mol. The molecule has 2 heterocycles. The van der Waals surface area contributed by atoms with Crippen LogP contribution in [-0.2, 0) is 17.5 Å². The Kier molecular flexibility index (Phi) is 6.58. The molecule has 1 aromatic carbocycles. The molecule has 1 saturated heterocycles. The summed E-state index contributed by atoms with van der Waals surface area (Å²) in [5, 5.41) is 3.27. The number of methoxy groups -OCH3 is 1. The van der Waals surface area contributed by atoms with Gasteiger partial charge in [0.1, 0.15) is 6.10 Å². The Morgan fingerprint density at radius 1 is 1.34 bits per heavy atom. The predicted octanol–water partition coefficient (Wildman–Crippen LogP) is 3.26. The monoisotopic (exact) mass is 408 g/mol. The fourth-order valence-corrected chi connectivity index (χ4v) is 3.14. The molecule has 1 N–H and O–H groups in total. The van der Waals surface area contributed by atoms with Crippen LogP contribution in [0.15, 0.2) is 47.6 Å². The van der Waals surface area contributed by atoms with E-state index in [1.54, 1.807) is 26.4 Å². The van der Waals surface area contributed by atoms with Gasteiger partial charge in [0, 0.05) is 32.4 Å². The highest BCUT2D eigenvalue weighted by molar-refractivity contribution is 5.80. The van der Waals surface area contributed by atoms with E-state index in [1.807, 2.05) is 17.0 Å². The van der Waals surface area contributed by atoms with Crippen molar-refractivity contribution in [2.45, 2.75) is 18.8 Å². The number of ether oxygens (including phenoxy) is 2. The summed E-state index contributed by atoms with van der Waals surface area (Å²) in [6.07, 6.45) is -3.18. The van der Waals surface area contributed by atoms with Gasteiger partial charge in [0.15, 0.2) is 5.96 Å². The summed E-state index contributed by atoms with van der Waals surface area (Å²) in [6.45, 7) is 1.90. The van der Waals surface area contributed by atoms with Gasteiger partial charge in [-0.25, -0.2) is 4.98 Å². The zero-order chi connectivity index (χ0) is 20.9. The van der Waals surface area contributed by atoms with Crippen LogP contribution in [0, 0.1) is 0 Å². The Morgan fingerprint density at radius 3 is 2.90 bits per heavy atom. The topological polar surface area (TPSA) is 59.0 Å².